The van der Waals surface area contributed by atoms with Crippen LogP contribution in [0.2, 0.25) is 0 Å². The van der Waals surface area contributed by atoms with Crippen LogP contribution in [-0.2, 0) is 0 Å². The van der Waals surface area contributed by atoms with E-state index >= 15 is 0 Å². The molecule has 2 aromatic heterocycles. The fourth-order valence-corrected chi connectivity index (χ4v) is 6.17. The van der Waals surface area contributed by atoms with Gasteiger partial charge in [0.25, 0.3) is 0 Å². The molecule has 0 radical (unpaired) electrons. The van der Waals surface area contributed by atoms with Crippen LogP contribution >= 0.6 is 0 Å². The highest BCUT2D eigenvalue weighted by atomic mass is 14.9. The zero-order valence-electron chi connectivity index (χ0n) is 24.2. The van der Waals surface area contributed by atoms with Gasteiger partial charge >= 0.3 is 0 Å². The fraction of sp³-hybridized carbons (Fsp3) is 0.514. The number of aromatic amines is 2. The Bertz CT molecular complexity index is 1340. The molecule has 0 fully saturated rings. The lowest BCUT2D eigenvalue weighted by molar-refractivity contribution is 0.441. The lowest BCUT2D eigenvalue weighted by Crippen LogP contribution is -2.13. The zero-order valence-corrected chi connectivity index (χ0v) is 24.2. The SMILES string of the molecule is CCCCC(C)CCCCCCCCCC1=C2CCC(=N2)C=c2ccc([nH]2)=CC2=CCC(=Cc3ccc1[nH]3)N2. The van der Waals surface area contributed by atoms with Crippen molar-refractivity contribution in [2.75, 3.05) is 0 Å². The van der Waals surface area contributed by atoms with E-state index in [1.165, 1.54) is 99.0 Å². The zero-order chi connectivity index (χ0) is 26.9. The van der Waals surface area contributed by atoms with Gasteiger partial charge in [-0.25, -0.2) is 0 Å². The number of hydrogen-bond acceptors (Lipinski definition) is 2. The molecule has 5 rings (SSSR count). The van der Waals surface area contributed by atoms with E-state index in [0.29, 0.717) is 0 Å². The Hall–Kier alpha value is -3.01. The minimum Gasteiger partial charge on any atom is -0.359 e. The molecule has 0 spiro atoms. The summed E-state index contributed by atoms with van der Waals surface area (Å²) in [6, 6.07) is 8.79. The molecule has 0 saturated heterocycles. The van der Waals surface area contributed by atoms with Crippen molar-refractivity contribution >= 4 is 29.5 Å². The van der Waals surface area contributed by atoms with Crippen molar-refractivity contribution in [3.05, 3.63) is 69.5 Å². The molecule has 3 N–H and O–H groups in total. The Kier molecular flexibility index (Phi) is 9.80. The molecule has 1 atom stereocenters. The van der Waals surface area contributed by atoms with E-state index in [0.717, 1.165) is 53.7 Å². The van der Waals surface area contributed by atoms with Crippen LogP contribution in [0.15, 0.2) is 52.4 Å². The van der Waals surface area contributed by atoms with Gasteiger partial charge in [0.2, 0.25) is 0 Å². The van der Waals surface area contributed by atoms with Gasteiger partial charge in [-0.15, -0.1) is 0 Å². The van der Waals surface area contributed by atoms with Gasteiger partial charge in [0.1, 0.15) is 0 Å². The first-order valence-corrected chi connectivity index (χ1v) is 15.7. The topological polar surface area (TPSA) is 56.0 Å². The maximum atomic E-state index is 5.14. The molecule has 0 amide bonds. The Labute approximate surface area is 235 Å². The maximum absolute atomic E-state index is 5.14. The molecule has 5 heterocycles. The highest BCUT2D eigenvalue weighted by Gasteiger charge is 2.17. The van der Waals surface area contributed by atoms with Crippen LogP contribution in [0.4, 0.5) is 0 Å². The van der Waals surface area contributed by atoms with Crippen molar-refractivity contribution in [1.29, 1.82) is 0 Å². The molecule has 4 heteroatoms. The average molecular weight is 525 g/mol. The Morgan fingerprint density at radius 3 is 2.41 bits per heavy atom. The molecular formula is C35H48N4. The van der Waals surface area contributed by atoms with Crippen LogP contribution in [0, 0.1) is 5.92 Å². The second-order valence-corrected chi connectivity index (χ2v) is 11.9. The number of hydrogen-bond donors (Lipinski definition) is 3. The quantitative estimate of drug-likeness (QED) is 0.228. The molecule has 0 aromatic carbocycles. The average Bonchev–Trinajstić information content (AvgIpc) is 3.74. The third-order valence-electron chi connectivity index (χ3n) is 8.49. The number of fused-ring (bicyclic) bond motifs is 7. The number of unbranched alkanes of at least 4 members (excludes halogenated alkanes) is 7. The van der Waals surface area contributed by atoms with E-state index in [1.807, 2.05) is 0 Å². The van der Waals surface area contributed by atoms with Crippen LogP contribution in [0.25, 0.3) is 23.8 Å². The fourth-order valence-electron chi connectivity index (χ4n) is 6.17. The van der Waals surface area contributed by atoms with E-state index < -0.39 is 0 Å². The van der Waals surface area contributed by atoms with E-state index in [1.54, 1.807) is 0 Å². The largest absolute Gasteiger partial charge is 0.359 e. The number of aliphatic imine (C=N–C) groups is 1. The van der Waals surface area contributed by atoms with E-state index in [4.69, 9.17) is 4.99 Å². The molecule has 3 aliphatic rings. The molecule has 0 saturated carbocycles. The highest BCUT2D eigenvalue weighted by Crippen LogP contribution is 2.32. The standard InChI is InChI=1S/C35H48N4/c1-3-4-12-26(2)13-10-8-6-5-7-9-11-14-33-34-21-19-31(38-34)24-29-17-15-27(36-29)23-28-16-18-30(37-28)25-32-20-22-35(33)39-32/h15-17,20,22-26,36-37,39H,3-14,18-19,21H2,1-2H3. The van der Waals surface area contributed by atoms with Gasteiger partial charge in [0.05, 0.1) is 0 Å². The van der Waals surface area contributed by atoms with Crippen LogP contribution in [0.3, 0.4) is 0 Å². The summed E-state index contributed by atoms with van der Waals surface area (Å²) < 4.78 is 0. The summed E-state index contributed by atoms with van der Waals surface area (Å²) in [5, 5.41) is 5.82. The van der Waals surface area contributed by atoms with Gasteiger partial charge in [0, 0.05) is 51.3 Å². The minimum atomic E-state index is 0.914. The van der Waals surface area contributed by atoms with E-state index in [2.05, 4.69) is 77.7 Å². The Balaban J connectivity index is 1.21. The predicted molar refractivity (Wildman–Crippen MR) is 167 cm³/mol. The van der Waals surface area contributed by atoms with E-state index in [9.17, 15) is 0 Å². The van der Waals surface area contributed by atoms with E-state index in [-0.39, 0.29) is 0 Å². The number of nitrogens with one attached hydrogen (secondary N) is 3. The number of allylic oxidation sites excluding steroid dienone is 4. The van der Waals surface area contributed by atoms with Gasteiger partial charge in [-0.2, -0.15) is 0 Å². The van der Waals surface area contributed by atoms with Gasteiger partial charge in [-0.3, -0.25) is 4.99 Å². The number of H-pyrrole nitrogens is 2. The third-order valence-corrected chi connectivity index (χ3v) is 8.49. The summed E-state index contributed by atoms with van der Waals surface area (Å²) in [6.45, 7) is 4.74. The van der Waals surface area contributed by atoms with Crippen molar-refractivity contribution < 1.29 is 0 Å². The van der Waals surface area contributed by atoms with Crippen LogP contribution in [0.1, 0.15) is 122 Å². The lowest BCUT2D eigenvalue weighted by atomic mass is 9.96. The number of aromatic nitrogens is 2. The van der Waals surface area contributed by atoms with Crippen LogP contribution in [-0.4, -0.2) is 15.7 Å². The highest BCUT2D eigenvalue weighted by molar-refractivity contribution is 6.12. The summed E-state index contributed by atoms with van der Waals surface area (Å²) in [7, 11) is 0. The third kappa shape index (κ3) is 8.00. The monoisotopic (exact) mass is 524 g/mol. The molecule has 208 valence electrons. The minimum absolute atomic E-state index is 0.914. The number of nitrogens with zero attached hydrogens (tertiary/aromatic N) is 1. The summed E-state index contributed by atoms with van der Waals surface area (Å²) in [5.74, 6) is 0.914. The molecule has 8 bridgehead atoms. The second-order valence-electron chi connectivity index (χ2n) is 11.9. The Morgan fingerprint density at radius 1 is 0.795 bits per heavy atom. The maximum Gasteiger partial charge on any atom is 0.0463 e. The van der Waals surface area contributed by atoms with Gasteiger partial charge in [0.15, 0.2) is 0 Å². The van der Waals surface area contributed by atoms with Crippen molar-refractivity contribution in [3.8, 4) is 0 Å². The van der Waals surface area contributed by atoms with Crippen molar-refractivity contribution in [2.45, 2.75) is 110 Å². The van der Waals surface area contributed by atoms with Crippen molar-refractivity contribution in [3.63, 3.8) is 0 Å². The molecular weight excluding hydrogens is 476 g/mol. The first-order chi connectivity index (χ1) is 19.2. The summed E-state index contributed by atoms with van der Waals surface area (Å²) in [6.07, 6.45) is 28.0. The summed E-state index contributed by atoms with van der Waals surface area (Å²) in [4.78, 5) is 12.4. The van der Waals surface area contributed by atoms with Gasteiger partial charge < -0.3 is 15.3 Å². The predicted octanol–water partition coefficient (Wildman–Crippen LogP) is 8.12. The van der Waals surface area contributed by atoms with Crippen molar-refractivity contribution in [1.82, 2.24) is 15.3 Å². The second kappa shape index (κ2) is 13.9. The lowest BCUT2D eigenvalue weighted by Gasteiger charge is -2.10. The summed E-state index contributed by atoms with van der Waals surface area (Å²) in [5.41, 5.74) is 8.64. The molecule has 39 heavy (non-hydrogen) atoms. The smallest absolute Gasteiger partial charge is 0.0463 e. The molecule has 4 nitrogen and oxygen atoms in total. The van der Waals surface area contributed by atoms with Gasteiger partial charge in [-0.1, -0.05) is 84.1 Å². The van der Waals surface area contributed by atoms with Crippen molar-refractivity contribution in [2.24, 2.45) is 10.9 Å². The molecule has 0 aliphatic carbocycles. The normalized spacial score (nSPS) is 17.2. The molecule has 2 aromatic rings. The Morgan fingerprint density at radius 2 is 1.56 bits per heavy atom. The van der Waals surface area contributed by atoms with Gasteiger partial charge in [-0.05, 0) is 79.7 Å². The van der Waals surface area contributed by atoms with Crippen LogP contribution in [0.5, 0.6) is 0 Å². The first-order valence-electron chi connectivity index (χ1n) is 15.7. The molecule has 3 aliphatic heterocycles. The van der Waals surface area contributed by atoms with Crippen LogP contribution < -0.4 is 16.0 Å². The number of rotatable bonds is 13. The molecule has 1 unspecified atom stereocenters. The summed E-state index contributed by atoms with van der Waals surface area (Å²) >= 11 is 0. The first kappa shape index (κ1) is 27.6.